The monoisotopic (exact) mass is 271 g/mol. The van der Waals surface area contributed by atoms with Gasteiger partial charge in [0.1, 0.15) is 0 Å². The lowest BCUT2D eigenvalue weighted by molar-refractivity contribution is -0.138. The minimum Gasteiger partial charge on any atom is -0.479 e. The normalized spacial score (nSPS) is 11.8. The van der Waals surface area contributed by atoms with Gasteiger partial charge in [0.2, 0.25) is 0 Å². The molecule has 4 nitrogen and oxygen atoms in total. The van der Waals surface area contributed by atoms with E-state index in [0.29, 0.717) is 12.2 Å². The molecule has 104 valence electrons. The van der Waals surface area contributed by atoms with Crippen LogP contribution in [0.5, 0.6) is 0 Å². The first-order valence-electron chi connectivity index (χ1n) is 6.33. The van der Waals surface area contributed by atoms with Crippen LogP contribution in [0.25, 0.3) is 0 Å². The summed E-state index contributed by atoms with van der Waals surface area (Å²) in [5.41, 5.74) is 2.35. The molecule has 0 heterocycles. The maximum atomic E-state index is 11.6. The molecule has 1 atom stereocenters. The van der Waals surface area contributed by atoms with Crippen LogP contribution >= 0.6 is 0 Å². The van der Waals surface area contributed by atoms with Gasteiger partial charge >= 0.3 is 5.97 Å². The number of carboxylic acid groups (broad SMARTS) is 1. The smallest absolute Gasteiger partial charge is 0.330 e. The van der Waals surface area contributed by atoms with Crippen LogP contribution in [0, 0.1) is 0 Å². The van der Waals surface area contributed by atoms with Crippen molar-refractivity contribution in [1.82, 2.24) is 0 Å². The third-order valence-corrected chi connectivity index (χ3v) is 3.00. The number of para-hydroxylation sites is 1. The summed E-state index contributed by atoms with van der Waals surface area (Å²) in [5, 5.41) is 12.5. The summed E-state index contributed by atoms with van der Waals surface area (Å²) in [4.78, 5) is 11.6. The number of methoxy groups -OCH3 is 1. The van der Waals surface area contributed by atoms with Gasteiger partial charge in [0.25, 0.3) is 0 Å². The third-order valence-electron chi connectivity index (χ3n) is 3.00. The minimum absolute atomic E-state index is 0.385. The molecule has 4 heteroatoms. The molecule has 0 aliphatic heterocycles. The molecule has 0 amide bonds. The summed E-state index contributed by atoms with van der Waals surface area (Å²) in [7, 11) is 1.59. The molecular weight excluding hydrogens is 254 g/mol. The molecule has 0 aliphatic rings. The van der Waals surface area contributed by atoms with E-state index in [-0.39, 0.29) is 0 Å². The van der Waals surface area contributed by atoms with Crippen LogP contribution in [-0.2, 0) is 16.1 Å². The summed E-state index contributed by atoms with van der Waals surface area (Å²) < 4.78 is 5.13. The fraction of sp³-hybridized carbons (Fsp3) is 0.188. The number of rotatable bonds is 6. The number of aliphatic carboxylic acids is 1. The molecule has 0 aromatic heterocycles. The topological polar surface area (TPSA) is 58.6 Å². The molecule has 20 heavy (non-hydrogen) atoms. The molecule has 0 spiro atoms. The van der Waals surface area contributed by atoms with Crippen LogP contribution < -0.4 is 5.32 Å². The third kappa shape index (κ3) is 3.36. The zero-order valence-corrected chi connectivity index (χ0v) is 11.2. The average molecular weight is 271 g/mol. The van der Waals surface area contributed by atoms with Crippen molar-refractivity contribution in [2.24, 2.45) is 0 Å². The van der Waals surface area contributed by atoms with E-state index in [9.17, 15) is 9.90 Å². The molecular formula is C16H17NO3. The van der Waals surface area contributed by atoms with Crippen molar-refractivity contribution in [2.75, 3.05) is 12.4 Å². The Kier molecular flexibility index (Phi) is 4.74. The van der Waals surface area contributed by atoms with E-state index in [4.69, 9.17) is 4.74 Å². The molecule has 0 radical (unpaired) electrons. The Morgan fingerprint density at radius 3 is 2.45 bits per heavy atom. The number of carbonyl (C=O) groups is 1. The van der Waals surface area contributed by atoms with Gasteiger partial charge in [-0.15, -0.1) is 0 Å². The van der Waals surface area contributed by atoms with Crippen LogP contribution in [-0.4, -0.2) is 18.2 Å². The van der Waals surface area contributed by atoms with Gasteiger partial charge in [-0.1, -0.05) is 42.5 Å². The molecule has 0 saturated carbocycles. The Hall–Kier alpha value is -2.33. The molecule has 0 fully saturated rings. The summed E-state index contributed by atoms with van der Waals surface area (Å²) in [6.07, 6.45) is 0. The van der Waals surface area contributed by atoms with Gasteiger partial charge in [0.15, 0.2) is 6.04 Å². The Morgan fingerprint density at radius 2 is 1.80 bits per heavy atom. The van der Waals surface area contributed by atoms with Gasteiger partial charge < -0.3 is 15.2 Å². The van der Waals surface area contributed by atoms with E-state index >= 15 is 0 Å². The molecule has 1 unspecified atom stereocenters. The predicted molar refractivity (Wildman–Crippen MR) is 77.6 cm³/mol. The lowest BCUT2D eigenvalue weighted by Gasteiger charge is -2.19. The van der Waals surface area contributed by atoms with Crippen LogP contribution in [0.4, 0.5) is 5.69 Å². The summed E-state index contributed by atoms with van der Waals surface area (Å²) in [5.74, 6) is -0.919. The number of carboxylic acids is 1. The van der Waals surface area contributed by atoms with Crippen LogP contribution in [0.2, 0.25) is 0 Å². The Bertz CT molecular complexity index is 569. The van der Waals surface area contributed by atoms with E-state index < -0.39 is 12.0 Å². The fourth-order valence-corrected chi connectivity index (χ4v) is 2.08. The number of nitrogens with one attached hydrogen (secondary N) is 1. The van der Waals surface area contributed by atoms with Crippen molar-refractivity contribution in [1.29, 1.82) is 0 Å². The second-order valence-corrected chi connectivity index (χ2v) is 4.41. The van der Waals surface area contributed by atoms with E-state index in [1.165, 1.54) is 0 Å². The highest BCUT2D eigenvalue weighted by molar-refractivity contribution is 5.79. The number of hydrogen-bond donors (Lipinski definition) is 2. The number of benzene rings is 2. The SMILES string of the molecule is COCc1ccccc1C(Nc1ccccc1)C(=O)O. The molecule has 0 aliphatic carbocycles. The van der Waals surface area contributed by atoms with Crippen molar-refractivity contribution in [2.45, 2.75) is 12.6 Å². The van der Waals surface area contributed by atoms with Gasteiger partial charge in [-0.05, 0) is 23.3 Å². The summed E-state index contributed by atoms with van der Waals surface area (Å²) >= 11 is 0. The van der Waals surface area contributed by atoms with E-state index in [1.807, 2.05) is 54.6 Å². The number of ether oxygens (including phenoxy) is 1. The quantitative estimate of drug-likeness (QED) is 0.847. The first-order valence-corrected chi connectivity index (χ1v) is 6.33. The van der Waals surface area contributed by atoms with Crippen LogP contribution in [0.3, 0.4) is 0 Å². The highest BCUT2D eigenvalue weighted by Gasteiger charge is 2.22. The van der Waals surface area contributed by atoms with Crippen molar-refractivity contribution in [3.05, 3.63) is 65.7 Å². The van der Waals surface area contributed by atoms with Crippen LogP contribution in [0.15, 0.2) is 54.6 Å². The summed E-state index contributed by atoms with van der Waals surface area (Å²) in [6, 6.07) is 15.9. The second-order valence-electron chi connectivity index (χ2n) is 4.41. The Morgan fingerprint density at radius 1 is 1.15 bits per heavy atom. The second kappa shape index (κ2) is 6.73. The highest BCUT2D eigenvalue weighted by atomic mass is 16.5. The standard InChI is InChI=1S/C16H17NO3/c1-20-11-12-7-5-6-10-14(12)15(16(18)19)17-13-8-3-2-4-9-13/h2-10,15,17H,11H2,1H3,(H,18,19). The maximum Gasteiger partial charge on any atom is 0.330 e. The molecule has 2 aromatic rings. The van der Waals surface area contributed by atoms with Crippen molar-refractivity contribution < 1.29 is 14.6 Å². The van der Waals surface area contributed by atoms with Gasteiger partial charge in [0, 0.05) is 12.8 Å². The molecule has 0 saturated heterocycles. The lowest BCUT2D eigenvalue weighted by atomic mass is 10.0. The van der Waals surface area contributed by atoms with Crippen molar-refractivity contribution in [3.63, 3.8) is 0 Å². The summed E-state index contributed by atoms with van der Waals surface area (Å²) in [6.45, 7) is 0.385. The number of anilines is 1. The fourth-order valence-electron chi connectivity index (χ4n) is 2.08. The van der Waals surface area contributed by atoms with Crippen molar-refractivity contribution in [3.8, 4) is 0 Å². The molecule has 0 bridgehead atoms. The van der Waals surface area contributed by atoms with Gasteiger partial charge in [0.05, 0.1) is 6.61 Å². The maximum absolute atomic E-state index is 11.6. The predicted octanol–water partition coefficient (Wildman–Crippen LogP) is 3.07. The average Bonchev–Trinajstić information content (AvgIpc) is 2.47. The molecule has 2 N–H and O–H groups in total. The van der Waals surface area contributed by atoms with E-state index in [1.54, 1.807) is 7.11 Å². The zero-order valence-electron chi connectivity index (χ0n) is 11.2. The van der Waals surface area contributed by atoms with Gasteiger partial charge in [-0.25, -0.2) is 4.79 Å². The lowest BCUT2D eigenvalue weighted by Crippen LogP contribution is -2.22. The van der Waals surface area contributed by atoms with Crippen LogP contribution in [0.1, 0.15) is 17.2 Å². The largest absolute Gasteiger partial charge is 0.479 e. The number of hydrogen-bond acceptors (Lipinski definition) is 3. The molecule has 2 aromatic carbocycles. The van der Waals surface area contributed by atoms with E-state index in [0.717, 1.165) is 11.3 Å². The van der Waals surface area contributed by atoms with E-state index in [2.05, 4.69) is 5.32 Å². The first-order chi connectivity index (χ1) is 9.72. The zero-order chi connectivity index (χ0) is 14.4. The minimum atomic E-state index is -0.919. The van der Waals surface area contributed by atoms with Gasteiger partial charge in [-0.2, -0.15) is 0 Å². The highest BCUT2D eigenvalue weighted by Crippen LogP contribution is 2.23. The molecule has 2 rings (SSSR count). The van der Waals surface area contributed by atoms with Gasteiger partial charge in [-0.3, -0.25) is 0 Å². The first kappa shape index (κ1) is 14.1. The Labute approximate surface area is 118 Å². The van der Waals surface area contributed by atoms with Crippen molar-refractivity contribution >= 4 is 11.7 Å². The Balaban J connectivity index is 2.32.